The van der Waals surface area contributed by atoms with Crippen molar-refractivity contribution < 1.29 is 58.9 Å². The standard InChI is InChI=1S/C48H68N4O12/c1-11-12-13-14-19-51-20-22-52(23-21-51)49-25-33-38-43(58)36-35(42(33)57)37-45(31(7)41(36)56)64-48(9,46(37)59)62-24-18-34(61-10)28(4)44(63-32(8)53)30(6)40(55)29(5)39(54)26(2)16-15-17-27(3)47(60)50-38/h15-18,24-26,28-30,34,39-40,44,54-58H,11-14,19-23H2,1-10H3,(H,50,60)/b16-15+,24-18+,27-17+,49-25+. The Kier molecular flexibility index (Phi) is 16.5. The van der Waals surface area contributed by atoms with Crippen LogP contribution in [0.3, 0.4) is 0 Å². The number of amides is 1. The van der Waals surface area contributed by atoms with Crippen molar-refractivity contribution in [3.05, 3.63) is 52.8 Å². The number of Topliss-reactive ketones (excluding diaryl/α,β-unsaturated/α-hetero) is 1. The van der Waals surface area contributed by atoms with Gasteiger partial charge < -0.3 is 49.8 Å². The number of phenolic OH excluding ortho intramolecular Hbond substituents is 3. The Morgan fingerprint density at radius 2 is 1.62 bits per heavy atom. The lowest BCUT2D eigenvalue weighted by molar-refractivity contribution is -0.160. The molecule has 0 radical (unpaired) electrons. The van der Waals surface area contributed by atoms with Gasteiger partial charge in [0.25, 0.3) is 11.7 Å². The van der Waals surface area contributed by atoms with Gasteiger partial charge in [-0.25, -0.2) is 0 Å². The number of unbranched alkanes of at least 4 members (excludes halogenated alkanes) is 3. The summed E-state index contributed by atoms with van der Waals surface area (Å²) in [6.45, 7) is 18.5. The van der Waals surface area contributed by atoms with E-state index in [2.05, 4.69) is 22.2 Å². The first-order valence-corrected chi connectivity index (χ1v) is 22.4. The maximum atomic E-state index is 14.5. The van der Waals surface area contributed by atoms with Crippen LogP contribution in [0, 0.1) is 30.6 Å². The van der Waals surface area contributed by atoms with Gasteiger partial charge in [-0.3, -0.25) is 24.3 Å². The highest BCUT2D eigenvalue weighted by atomic mass is 16.7. The average Bonchev–Trinajstić information content (AvgIpc) is 3.53. The molecular weight excluding hydrogens is 825 g/mol. The van der Waals surface area contributed by atoms with Crippen molar-refractivity contribution in [3.63, 3.8) is 0 Å². The van der Waals surface area contributed by atoms with Gasteiger partial charge >= 0.3 is 11.8 Å². The summed E-state index contributed by atoms with van der Waals surface area (Å²) < 4.78 is 23.7. The van der Waals surface area contributed by atoms with Crippen LogP contribution in [0.2, 0.25) is 0 Å². The maximum Gasteiger partial charge on any atom is 0.312 e. The molecule has 0 aromatic heterocycles. The van der Waals surface area contributed by atoms with Gasteiger partial charge in [-0.1, -0.05) is 72.1 Å². The number of esters is 1. The number of anilines is 1. The maximum absolute atomic E-state index is 14.5. The molecule has 4 heterocycles. The summed E-state index contributed by atoms with van der Waals surface area (Å²) in [7, 11) is 1.44. The van der Waals surface area contributed by atoms with Crippen LogP contribution in [-0.4, -0.2) is 129 Å². The molecule has 1 saturated heterocycles. The monoisotopic (exact) mass is 892 g/mol. The number of nitrogens with one attached hydrogen (secondary N) is 1. The molecular formula is C48H68N4O12. The number of fused-ring (bicyclic) bond motifs is 14. The van der Waals surface area contributed by atoms with E-state index in [1.807, 2.05) is 5.01 Å². The van der Waals surface area contributed by atoms with E-state index in [4.69, 9.17) is 18.9 Å². The Morgan fingerprint density at radius 1 is 0.938 bits per heavy atom. The quantitative estimate of drug-likeness (QED) is 0.0536. The number of aliphatic hydroxyl groups excluding tert-OH is 2. The van der Waals surface area contributed by atoms with Crippen molar-refractivity contribution >= 4 is 40.3 Å². The zero-order valence-corrected chi connectivity index (χ0v) is 38.9. The summed E-state index contributed by atoms with van der Waals surface area (Å²) in [5.41, 5.74) is -0.311. The number of aliphatic hydroxyl groups is 2. The summed E-state index contributed by atoms with van der Waals surface area (Å²) in [5.74, 6) is -8.31. The first kappa shape index (κ1) is 49.8. The van der Waals surface area contributed by atoms with Gasteiger partial charge in [0.1, 0.15) is 23.4 Å². The van der Waals surface area contributed by atoms with Gasteiger partial charge in [-0.2, -0.15) is 5.10 Å². The number of nitrogens with zero attached hydrogens (tertiary/aromatic N) is 3. The molecule has 64 heavy (non-hydrogen) atoms. The average molecular weight is 893 g/mol. The minimum atomic E-state index is -2.05. The molecule has 4 aliphatic rings. The van der Waals surface area contributed by atoms with E-state index >= 15 is 0 Å². The molecule has 4 aliphatic heterocycles. The number of aromatic hydroxyl groups is 3. The second-order valence-electron chi connectivity index (χ2n) is 17.7. The molecule has 2 aromatic carbocycles. The van der Waals surface area contributed by atoms with E-state index in [0.717, 1.165) is 32.5 Å². The van der Waals surface area contributed by atoms with E-state index in [1.54, 1.807) is 39.8 Å². The first-order valence-electron chi connectivity index (χ1n) is 22.4. The number of ketones is 1. The molecule has 1 amide bonds. The van der Waals surface area contributed by atoms with Crippen molar-refractivity contribution in [3.8, 4) is 23.0 Å². The number of phenols is 3. The summed E-state index contributed by atoms with van der Waals surface area (Å²) in [4.78, 5) is 43.2. The molecule has 1 fully saturated rings. The number of allylic oxidation sites excluding steroid dienone is 2. The topological polar surface area (TPSA) is 220 Å². The lowest BCUT2D eigenvalue weighted by atomic mass is 9.78. The number of ether oxygens (including phenoxy) is 4. The molecule has 6 rings (SSSR count). The summed E-state index contributed by atoms with van der Waals surface area (Å²) in [5, 5.41) is 67.5. The minimum absolute atomic E-state index is 0.0607. The number of carbonyl (C=O) groups excluding carboxylic acids is 3. The van der Waals surface area contributed by atoms with Crippen LogP contribution in [-0.2, 0) is 23.8 Å². The van der Waals surface area contributed by atoms with E-state index in [0.29, 0.717) is 13.1 Å². The van der Waals surface area contributed by atoms with Crippen LogP contribution in [0.15, 0.2) is 41.2 Å². The fourth-order valence-electron chi connectivity index (χ4n) is 8.85. The van der Waals surface area contributed by atoms with Gasteiger partial charge in [-0.05, 0) is 32.9 Å². The Labute approximate surface area is 376 Å². The van der Waals surface area contributed by atoms with Crippen LogP contribution in [0.1, 0.15) is 103 Å². The van der Waals surface area contributed by atoms with Gasteiger partial charge in [0, 0.05) is 87.3 Å². The van der Waals surface area contributed by atoms with Crippen molar-refractivity contribution in [2.45, 2.75) is 118 Å². The third-order valence-electron chi connectivity index (χ3n) is 13.1. The van der Waals surface area contributed by atoms with Gasteiger partial charge in [-0.15, -0.1) is 0 Å². The number of piperazine rings is 1. The number of hydrogen-bond acceptors (Lipinski definition) is 15. The Morgan fingerprint density at radius 3 is 2.27 bits per heavy atom. The SMILES string of the molecule is CCCCCCN1CCN(/N=C/c2c3c(O)c4c(O)c(C)c5c(c4c2O)C(=O)C(C)(O/C=C/C(OC)C(C)C(OC(C)=O)C(C)C(O)C(C)C(O)C(C)/C=C/C=C(\C)C(=O)N3)O5)CC1. The number of rotatable bonds is 9. The highest BCUT2D eigenvalue weighted by Crippen LogP contribution is 2.55. The molecule has 9 atom stereocenters. The predicted octanol–water partition coefficient (Wildman–Crippen LogP) is 6.29. The molecule has 352 valence electrons. The molecule has 16 heteroatoms. The molecule has 0 saturated carbocycles. The number of methoxy groups -OCH3 is 1. The Balaban J connectivity index is 1.64. The van der Waals surface area contributed by atoms with Crippen molar-refractivity contribution in [2.24, 2.45) is 28.8 Å². The molecule has 2 aromatic rings. The molecule has 9 unspecified atom stereocenters. The van der Waals surface area contributed by atoms with Crippen LogP contribution in [0.25, 0.3) is 10.8 Å². The molecule has 5 bridgehead atoms. The van der Waals surface area contributed by atoms with E-state index in [1.165, 1.54) is 72.3 Å². The van der Waals surface area contributed by atoms with E-state index in [-0.39, 0.29) is 44.5 Å². The van der Waals surface area contributed by atoms with Crippen LogP contribution >= 0.6 is 0 Å². The van der Waals surface area contributed by atoms with Gasteiger partial charge in [0.05, 0.1) is 53.0 Å². The van der Waals surface area contributed by atoms with Crippen LogP contribution in [0.4, 0.5) is 5.69 Å². The number of hydrogen-bond donors (Lipinski definition) is 6. The minimum Gasteiger partial charge on any atom is -0.507 e. The second-order valence-corrected chi connectivity index (χ2v) is 17.7. The van der Waals surface area contributed by atoms with Crippen molar-refractivity contribution in [1.29, 1.82) is 0 Å². The van der Waals surface area contributed by atoms with Crippen LogP contribution in [0.5, 0.6) is 23.0 Å². The largest absolute Gasteiger partial charge is 0.507 e. The summed E-state index contributed by atoms with van der Waals surface area (Å²) in [6.07, 6.45) is 9.58. The van der Waals surface area contributed by atoms with E-state index in [9.17, 15) is 39.9 Å². The summed E-state index contributed by atoms with van der Waals surface area (Å²) >= 11 is 0. The zero-order chi connectivity index (χ0) is 47.2. The molecule has 6 N–H and O–H groups in total. The first-order chi connectivity index (χ1) is 30.3. The fourth-order valence-corrected chi connectivity index (χ4v) is 8.85. The Bertz CT molecular complexity index is 2160. The Hall–Kier alpha value is -5.16. The van der Waals surface area contributed by atoms with Gasteiger partial charge in [0.2, 0.25) is 0 Å². The number of carbonyl (C=O) groups is 3. The number of hydrazone groups is 1. The fraction of sp³-hybridized carbons (Fsp3) is 0.583. The smallest absolute Gasteiger partial charge is 0.312 e. The third-order valence-corrected chi connectivity index (χ3v) is 13.1. The van der Waals surface area contributed by atoms with Crippen molar-refractivity contribution in [2.75, 3.05) is 45.2 Å². The summed E-state index contributed by atoms with van der Waals surface area (Å²) in [6, 6.07) is 0. The lowest BCUT2D eigenvalue weighted by Gasteiger charge is -2.38. The predicted molar refractivity (Wildman–Crippen MR) is 244 cm³/mol. The van der Waals surface area contributed by atoms with E-state index < -0.39 is 88.8 Å². The van der Waals surface area contributed by atoms with Crippen molar-refractivity contribution in [1.82, 2.24) is 9.91 Å². The molecule has 16 nitrogen and oxygen atoms in total. The van der Waals surface area contributed by atoms with Crippen LogP contribution < -0.4 is 10.1 Å². The zero-order valence-electron chi connectivity index (χ0n) is 38.9. The highest BCUT2D eigenvalue weighted by Gasteiger charge is 2.50. The lowest BCUT2D eigenvalue weighted by Crippen LogP contribution is -2.46. The molecule has 0 aliphatic carbocycles. The number of benzene rings is 2. The second kappa shape index (κ2) is 21.2. The third kappa shape index (κ3) is 10.5. The normalized spacial score (nSPS) is 30.5. The van der Waals surface area contributed by atoms with Gasteiger partial charge in [0.15, 0.2) is 5.75 Å². The highest BCUT2D eigenvalue weighted by molar-refractivity contribution is 6.23. The molecule has 0 spiro atoms.